The lowest BCUT2D eigenvalue weighted by molar-refractivity contribution is 0.198. The molecule has 4 rings (SSSR count). The first-order valence-corrected chi connectivity index (χ1v) is 7.53. The summed E-state index contributed by atoms with van der Waals surface area (Å²) in [5.74, 6) is 1.60. The first-order chi connectivity index (χ1) is 10.7. The lowest BCUT2D eigenvalue weighted by Crippen LogP contribution is -2.22. The van der Waals surface area contributed by atoms with Gasteiger partial charge in [0.1, 0.15) is 5.82 Å². The molecule has 0 amide bonds. The lowest BCUT2D eigenvalue weighted by atomic mass is 10.2. The summed E-state index contributed by atoms with van der Waals surface area (Å²) in [5, 5.41) is 10.9. The lowest BCUT2D eigenvalue weighted by Gasteiger charge is -2.16. The van der Waals surface area contributed by atoms with E-state index in [-0.39, 0.29) is 6.10 Å². The number of rotatable bonds is 2. The van der Waals surface area contributed by atoms with Gasteiger partial charge in [-0.25, -0.2) is 9.97 Å². The Labute approximate surface area is 128 Å². The molecule has 0 bridgehead atoms. The number of fused-ring (bicyclic) bond motifs is 1. The fourth-order valence-corrected chi connectivity index (χ4v) is 3.10. The smallest absolute Gasteiger partial charge is 0.178 e. The first kappa shape index (κ1) is 13.3. The van der Waals surface area contributed by atoms with Crippen LogP contribution in [0.5, 0.6) is 0 Å². The molecule has 0 aliphatic carbocycles. The topological polar surface area (TPSA) is 54.2 Å². The molecule has 1 aromatic carbocycles. The maximum Gasteiger partial charge on any atom is 0.178 e. The fourth-order valence-electron chi connectivity index (χ4n) is 3.10. The molecule has 0 saturated carbocycles. The van der Waals surface area contributed by atoms with Crippen molar-refractivity contribution in [1.29, 1.82) is 0 Å². The van der Waals surface area contributed by atoms with Crippen LogP contribution in [0.2, 0.25) is 0 Å². The zero-order valence-electron chi connectivity index (χ0n) is 12.5. The summed E-state index contributed by atoms with van der Waals surface area (Å²) < 4.78 is 2.12. The van der Waals surface area contributed by atoms with Gasteiger partial charge in [-0.1, -0.05) is 18.2 Å². The van der Waals surface area contributed by atoms with Gasteiger partial charge in [0.2, 0.25) is 0 Å². The second kappa shape index (κ2) is 5.10. The number of aromatic nitrogens is 3. The van der Waals surface area contributed by atoms with E-state index in [9.17, 15) is 5.11 Å². The van der Waals surface area contributed by atoms with Crippen molar-refractivity contribution in [2.75, 3.05) is 18.0 Å². The van der Waals surface area contributed by atoms with Gasteiger partial charge in [-0.3, -0.25) is 0 Å². The molecule has 2 aromatic heterocycles. The minimum atomic E-state index is -0.254. The van der Waals surface area contributed by atoms with Crippen LogP contribution in [-0.4, -0.2) is 38.8 Å². The van der Waals surface area contributed by atoms with E-state index in [2.05, 4.69) is 32.7 Å². The van der Waals surface area contributed by atoms with E-state index in [1.807, 2.05) is 25.2 Å². The molecule has 22 heavy (non-hydrogen) atoms. The Morgan fingerprint density at radius 3 is 2.86 bits per heavy atom. The monoisotopic (exact) mass is 294 g/mol. The van der Waals surface area contributed by atoms with Crippen LogP contribution in [-0.2, 0) is 7.05 Å². The Balaban J connectivity index is 1.77. The van der Waals surface area contributed by atoms with Crippen molar-refractivity contribution < 1.29 is 5.11 Å². The number of anilines is 1. The van der Waals surface area contributed by atoms with Crippen molar-refractivity contribution in [3.05, 3.63) is 42.6 Å². The second-order valence-electron chi connectivity index (χ2n) is 5.77. The van der Waals surface area contributed by atoms with Gasteiger partial charge in [0.15, 0.2) is 5.82 Å². The SMILES string of the molecule is Cn1c(-c2nccc(N3CCC(O)C3)n2)cc2ccccc21. The van der Waals surface area contributed by atoms with Gasteiger partial charge in [-0.15, -0.1) is 0 Å². The maximum atomic E-state index is 9.70. The largest absolute Gasteiger partial charge is 0.391 e. The third kappa shape index (κ3) is 2.14. The number of para-hydroxylation sites is 1. The van der Waals surface area contributed by atoms with Crippen LogP contribution < -0.4 is 4.90 Å². The average Bonchev–Trinajstić information content (AvgIpc) is 3.12. The molecule has 1 N–H and O–H groups in total. The Morgan fingerprint density at radius 2 is 2.09 bits per heavy atom. The number of aryl methyl sites for hydroxylation is 1. The van der Waals surface area contributed by atoms with Crippen molar-refractivity contribution in [2.24, 2.45) is 7.05 Å². The molecule has 1 atom stereocenters. The highest BCUT2D eigenvalue weighted by atomic mass is 16.3. The number of aliphatic hydroxyl groups is 1. The minimum absolute atomic E-state index is 0.254. The van der Waals surface area contributed by atoms with E-state index in [0.29, 0.717) is 6.54 Å². The summed E-state index contributed by atoms with van der Waals surface area (Å²) in [6.07, 6.45) is 2.34. The van der Waals surface area contributed by atoms with E-state index >= 15 is 0 Å². The summed E-state index contributed by atoms with van der Waals surface area (Å²) in [6.45, 7) is 1.48. The highest BCUT2D eigenvalue weighted by Gasteiger charge is 2.22. The van der Waals surface area contributed by atoms with Gasteiger partial charge in [-0.2, -0.15) is 0 Å². The van der Waals surface area contributed by atoms with Crippen molar-refractivity contribution in [3.63, 3.8) is 0 Å². The number of hydrogen-bond donors (Lipinski definition) is 1. The van der Waals surface area contributed by atoms with Gasteiger partial charge in [0, 0.05) is 37.2 Å². The van der Waals surface area contributed by atoms with Crippen LogP contribution in [0, 0.1) is 0 Å². The Kier molecular flexibility index (Phi) is 3.08. The predicted molar refractivity (Wildman–Crippen MR) is 86.8 cm³/mol. The molecule has 1 fully saturated rings. The van der Waals surface area contributed by atoms with E-state index < -0.39 is 0 Å². The molecule has 3 aromatic rings. The molecule has 1 aliphatic rings. The van der Waals surface area contributed by atoms with Gasteiger partial charge in [0.05, 0.1) is 11.8 Å². The van der Waals surface area contributed by atoms with Crippen LogP contribution in [0.15, 0.2) is 42.6 Å². The van der Waals surface area contributed by atoms with Crippen molar-refractivity contribution >= 4 is 16.7 Å². The summed E-state index contributed by atoms with van der Waals surface area (Å²) in [7, 11) is 2.04. The van der Waals surface area contributed by atoms with Gasteiger partial charge in [0.25, 0.3) is 0 Å². The summed E-state index contributed by atoms with van der Waals surface area (Å²) in [6, 6.07) is 12.3. The third-order valence-corrected chi connectivity index (χ3v) is 4.31. The van der Waals surface area contributed by atoms with Crippen LogP contribution in [0.4, 0.5) is 5.82 Å². The molecule has 1 saturated heterocycles. The van der Waals surface area contributed by atoms with Gasteiger partial charge < -0.3 is 14.6 Å². The molecule has 112 valence electrons. The molecular weight excluding hydrogens is 276 g/mol. The third-order valence-electron chi connectivity index (χ3n) is 4.31. The zero-order chi connectivity index (χ0) is 15.1. The van der Waals surface area contributed by atoms with Crippen LogP contribution >= 0.6 is 0 Å². The molecular formula is C17H18N4O. The first-order valence-electron chi connectivity index (χ1n) is 7.53. The van der Waals surface area contributed by atoms with Gasteiger partial charge in [-0.05, 0) is 24.6 Å². The minimum Gasteiger partial charge on any atom is -0.391 e. The standard InChI is InChI=1S/C17H18N4O/c1-20-14-5-3-2-4-12(14)10-15(20)17-18-8-6-16(19-17)21-9-7-13(22)11-21/h2-6,8,10,13,22H,7,9,11H2,1H3. The summed E-state index contributed by atoms with van der Waals surface area (Å²) >= 11 is 0. The molecule has 0 radical (unpaired) electrons. The van der Waals surface area contributed by atoms with Gasteiger partial charge >= 0.3 is 0 Å². The molecule has 1 aliphatic heterocycles. The highest BCUT2D eigenvalue weighted by molar-refractivity contribution is 5.85. The van der Waals surface area contributed by atoms with E-state index in [0.717, 1.165) is 30.3 Å². The normalized spacial score (nSPS) is 18.3. The number of aliphatic hydroxyl groups excluding tert-OH is 1. The Hall–Kier alpha value is -2.40. The predicted octanol–water partition coefficient (Wildman–Crippen LogP) is 2.21. The molecule has 1 unspecified atom stereocenters. The van der Waals surface area contributed by atoms with Crippen LogP contribution in [0.25, 0.3) is 22.4 Å². The number of nitrogens with zero attached hydrogens (tertiary/aromatic N) is 4. The molecule has 5 nitrogen and oxygen atoms in total. The summed E-state index contributed by atoms with van der Waals surface area (Å²) in [5.41, 5.74) is 2.17. The van der Waals surface area contributed by atoms with Crippen molar-refractivity contribution in [2.45, 2.75) is 12.5 Å². The zero-order valence-corrected chi connectivity index (χ0v) is 12.5. The van der Waals surface area contributed by atoms with E-state index in [1.54, 1.807) is 6.20 Å². The van der Waals surface area contributed by atoms with Crippen LogP contribution in [0.3, 0.4) is 0 Å². The van der Waals surface area contributed by atoms with E-state index in [4.69, 9.17) is 4.98 Å². The fraction of sp³-hybridized carbons (Fsp3) is 0.294. The number of hydrogen-bond acceptors (Lipinski definition) is 4. The second-order valence-corrected chi connectivity index (χ2v) is 5.77. The van der Waals surface area contributed by atoms with Crippen molar-refractivity contribution in [3.8, 4) is 11.5 Å². The molecule has 0 spiro atoms. The molecule has 5 heteroatoms. The number of β-amino-alcohol motifs (C(OH)–C–C–N with tert-alkyl or cyclic N) is 1. The van der Waals surface area contributed by atoms with E-state index in [1.165, 1.54) is 10.9 Å². The molecule has 3 heterocycles. The highest BCUT2D eigenvalue weighted by Crippen LogP contribution is 2.26. The average molecular weight is 294 g/mol. The Morgan fingerprint density at radius 1 is 1.23 bits per heavy atom. The quantitative estimate of drug-likeness (QED) is 0.787. The van der Waals surface area contributed by atoms with Crippen molar-refractivity contribution in [1.82, 2.24) is 14.5 Å². The summed E-state index contributed by atoms with van der Waals surface area (Å²) in [4.78, 5) is 11.2. The maximum absolute atomic E-state index is 9.70. The number of benzene rings is 1. The Bertz CT molecular complexity index is 826. The van der Waals surface area contributed by atoms with Crippen LogP contribution in [0.1, 0.15) is 6.42 Å².